The number of thiol groups is 1. The van der Waals surface area contributed by atoms with Crippen molar-refractivity contribution in [3.8, 4) is 6.07 Å². The van der Waals surface area contributed by atoms with Crippen LogP contribution in [-0.4, -0.2) is 28.9 Å². The molecule has 1 fully saturated rings. The van der Waals surface area contributed by atoms with Gasteiger partial charge in [-0.1, -0.05) is 12.1 Å². The molecule has 1 aliphatic rings. The first kappa shape index (κ1) is 21.8. The van der Waals surface area contributed by atoms with Gasteiger partial charge in [0.25, 0.3) is 5.91 Å². The number of pyridine rings is 1. The average Bonchev–Trinajstić information content (AvgIpc) is 2.83. The number of nitrogens with zero attached hydrogens (tertiary/aromatic N) is 3. The number of rotatable bonds is 4. The zero-order valence-electron chi connectivity index (χ0n) is 17.7. The summed E-state index contributed by atoms with van der Waals surface area (Å²) in [5.74, 6) is -0.00243. The largest absolute Gasteiger partial charge is 0.355 e. The molecule has 32 heavy (non-hydrogen) atoms. The van der Waals surface area contributed by atoms with Gasteiger partial charge >= 0.3 is 0 Å². The molecule has 0 aliphatic carbocycles. The summed E-state index contributed by atoms with van der Waals surface area (Å²) < 4.78 is 13.2. The molecule has 7 heteroatoms. The van der Waals surface area contributed by atoms with Crippen molar-refractivity contribution in [2.24, 2.45) is 0 Å². The Morgan fingerprint density at radius 1 is 1.16 bits per heavy atom. The predicted molar refractivity (Wildman–Crippen MR) is 125 cm³/mol. The molecule has 1 amide bonds. The molecule has 0 bridgehead atoms. The molecule has 1 aliphatic heterocycles. The molecule has 0 spiro atoms. The smallest absolute Gasteiger partial charge is 0.257 e. The second kappa shape index (κ2) is 9.41. The maximum absolute atomic E-state index is 13.4. The third kappa shape index (κ3) is 4.61. The number of likely N-dealkylation sites (tertiary alicyclic amines) is 1. The highest BCUT2D eigenvalue weighted by Gasteiger charge is 2.27. The maximum atomic E-state index is 13.4. The fourth-order valence-electron chi connectivity index (χ4n) is 4.02. The predicted octanol–water partition coefficient (Wildman–Crippen LogP) is 5.45. The van der Waals surface area contributed by atoms with E-state index in [0.29, 0.717) is 40.8 Å². The van der Waals surface area contributed by atoms with Gasteiger partial charge in [-0.25, -0.2) is 9.37 Å². The summed E-state index contributed by atoms with van der Waals surface area (Å²) in [6.07, 6.45) is 3.22. The van der Waals surface area contributed by atoms with Crippen LogP contribution in [-0.2, 0) is 0 Å². The van der Waals surface area contributed by atoms with Gasteiger partial charge in [0.15, 0.2) is 0 Å². The van der Waals surface area contributed by atoms with Gasteiger partial charge in [-0.2, -0.15) is 5.26 Å². The molecule has 0 unspecified atom stereocenters. The average molecular weight is 447 g/mol. The number of halogens is 1. The summed E-state index contributed by atoms with van der Waals surface area (Å²) in [5.41, 5.74) is 4.39. The van der Waals surface area contributed by atoms with Crippen LogP contribution in [0.3, 0.4) is 0 Å². The van der Waals surface area contributed by atoms with Crippen LogP contribution in [0.5, 0.6) is 0 Å². The molecule has 0 atom stereocenters. The van der Waals surface area contributed by atoms with Crippen LogP contribution < -0.4 is 5.32 Å². The van der Waals surface area contributed by atoms with E-state index in [-0.39, 0.29) is 11.7 Å². The molecular weight excluding hydrogens is 423 g/mol. The SMILES string of the molecule is Cc1c(S)ncc(C(=O)N2CCC(c3ccc(F)cc3)CC2)c1Nc1ccc(C#N)cc1. The van der Waals surface area contributed by atoms with Crippen molar-refractivity contribution in [3.05, 3.63) is 82.8 Å². The highest BCUT2D eigenvalue weighted by molar-refractivity contribution is 7.80. The minimum Gasteiger partial charge on any atom is -0.355 e. The Labute approximate surface area is 192 Å². The van der Waals surface area contributed by atoms with Gasteiger partial charge in [0.1, 0.15) is 5.82 Å². The highest BCUT2D eigenvalue weighted by Crippen LogP contribution is 2.32. The quantitative estimate of drug-likeness (QED) is 0.523. The molecule has 1 saturated heterocycles. The Kier molecular flexibility index (Phi) is 6.42. The van der Waals surface area contributed by atoms with Crippen molar-refractivity contribution < 1.29 is 9.18 Å². The lowest BCUT2D eigenvalue weighted by Crippen LogP contribution is -2.38. The Morgan fingerprint density at radius 2 is 1.81 bits per heavy atom. The Morgan fingerprint density at radius 3 is 2.44 bits per heavy atom. The molecule has 4 rings (SSSR count). The van der Waals surface area contributed by atoms with E-state index < -0.39 is 0 Å². The zero-order chi connectivity index (χ0) is 22.7. The van der Waals surface area contributed by atoms with Crippen LogP contribution in [0, 0.1) is 24.1 Å². The van der Waals surface area contributed by atoms with E-state index in [1.165, 1.54) is 12.1 Å². The normalized spacial score (nSPS) is 14.1. The van der Waals surface area contributed by atoms with E-state index in [4.69, 9.17) is 5.26 Å². The fourth-order valence-corrected chi connectivity index (χ4v) is 4.19. The van der Waals surface area contributed by atoms with E-state index in [2.05, 4.69) is 29.0 Å². The van der Waals surface area contributed by atoms with Gasteiger partial charge < -0.3 is 10.2 Å². The van der Waals surface area contributed by atoms with Gasteiger partial charge in [0.2, 0.25) is 0 Å². The van der Waals surface area contributed by atoms with E-state index in [1.54, 1.807) is 30.5 Å². The minimum atomic E-state index is -0.237. The van der Waals surface area contributed by atoms with E-state index in [9.17, 15) is 9.18 Å². The molecule has 0 radical (unpaired) electrons. The minimum absolute atomic E-state index is 0.0809. The summed E-state index contributed by atoms with van der Waals surface area (Å²) in [6, 6.07) is 15.8. The lowest BCUT2D eigenvalue weighted by atomic mass is 9.89. The van der Waals surface area contributed by atoms with E-state index in [0.717, 1.165) is 29.7 Å². The molecule has 5 nitrogen and oxygen atoms in total. The van der Waals surface area contributed by atoms with Crippen molar-refractivity contribution in [2.75, 3.05) is 18.4 Å². The van der Waals surface area contributed by atoms with E-state index >= 15 is 0 Å². The topological polar surface area (TPSA) is 69.0 Å². The number of carbonyl (C=O) groups is 1. The third-order valence-corrected chi connectivity index (χ3v) is 6.38. The van der Waals surface area contributed by atoms with E-state index in [1.807, 2.05) is 24.0 Å². The number of hydrogen-bond acceptors (Lipinski definition) is 5. The molecule has 3 aromatic rings. The molecule has 2 heterocycles. The molecular formula is C25H23FN4OS. The van der Waals surface area contributed by atoms with Crippen molar-refractivity contribution in [2.45, 2.75) is 30.7 Å². The Bertz CT molecular complexity index is 1160. The van der Waals surface area contributed by atoms with Gasteiger partial charge in [-0.3, -0.25) is 4.79 Å². The Balaban J connectivity index is 1.53. The molecule has 2 aromatic carbocycles. The summed E-state index contributed by atoms with van der Waals surface area (Å²) in [7, 11) is 0. The maximum Gasteiger partial charge on any atom is 0.257 e. The monoisotopic (exact) mass is 446 g/mol. The molecule has 1 aromatic heterocycles. The highest BCUT2D eigenvalue weighted by atomic mass is 32.1. The second-order valence-electron chi connectivity index (χ2n) is 7.93. The first-order valence-corrected chi connectivity index (χ1v) is 10.9. The van der Waals surface area contributed by atoms with Gasteiger partial charge in [-0.05, 0) is 67.6 Å². The van der Waals surface area contributed by atoms with Crippen molar-refractivity contribution in [1.29, 1.82) is 5.26 Å². The number of anilines is 2. The van der Waals surface area contributed by atoms with Crippen LogP contribution >= 0.6 is 12.6 Å². The lowest BCUT2D eigenvalue weighted by molar-refractivity contribution is 0.0713. The first-order valence-electron chi connectivity index (χ1n) is 10.5. The number of hydrogen-bond donors (Lipinski definition) is 2. The molecule has 162 valence electrons. The fraction of sp³-hybridized carbons (Fsp3) is 0.240. The molecule has 1 N–H and O–H groups in total. The van der Waals surface area contributed by atoms with Crippen LogP contribution in [0.25, 0.3) is 0 Å². The summed E-state index contributed by atoms with van der Waals surface area (Å²) in [6.45, 7) is 3.12. The number of nitrogens with one attached hydrogen (secondary N) is 1. The molecule has 0 saturated carbocycles. The number of amides is 1. The number of aromatic nitrogens is 1. The number of carbonyl (C=O) groups excluding carboxylic acids is 1. The van der Waals surface area contributed by atoms with Crippen molar-refractivity contribution in [1.82, 2.24) is 9.88 Å². The van der Waals surface area contributed by atoms with Crippen LogP contribution in [0.4, 0.5) is 15.8 Å². The summed E-state index contributed by atoms with van der Waals surface area (Å²) >= 11 is 4.42. The number of benzene rings is 2. The summed E-state index contributed by atoms with van der Waals surface area (Å²) in [5, 5.41) is 12.9. The van der Waals surface area contributed by atoms with Gasteiger partial charge in [0, 0.05) is 30.5 Å². The zero-order valence-corrected chi connectivity index (χ0v) is 18.6. The van der Waals surface area contributed by atoms with Crippen LogP contribution in [0.15, 0.2) is 59.8 Å². The second-order valence-corrected chi connectivity index (χ2v) is 8.35. The summed E-state index contributed by atoms with van der Waals surface area (Å²) in [4.78, 5) is 19.5. The standard InChI is InChI=1S/C25H23FN4OS/c1-16-23(29-21-8-2-17(14-27)3-9-21)22(15-28-24(16)32)25(31)30-12-10-19(11-13-30)18-4-6-20(26)7-5-18/h2-9,15,19H,10-13H2,1H3,(H2,28,29,32). The number of piperidine rings is 1. The van der Waals surface area contributed by atoms with Crippen molar-refractivity contribution in [3.63, 3.8) is 0 Å². The third-order valence-electron chi connectivity index (χ3n) is 5.93. The van der Waals surface area contributed by atoms with Crippen LogP contribution in [0.1, 0.15) is 45.8 Å². The van der Waals surface area contributed by atoms with Gasteiger partial charge in [-0.15, -0.1) is 12.6 Å². The van der Waals surface area contributed by atoms with Gasteiger partial charge in [0.05, 0.1) is 27.9 Å². The number of nitriles is 1. The van der Waals surface area contributed by atoms with Crippen molar-refractivity contribution >= 4 is 29.9 Å². The van der Waals surface area contributed by atoms with Crippen LogP contribution in [0.2, 0.25) is 0 Å². The Hall–Kier alpha value is -3.37. The first-order chi connectivity index (χ1) is 15.5. The lowest BCUT2D eigenvalue weighted by Gasteiger charge is -2.33.